The topological polar surface area (TPSA) is 28.7 Å². The van der Waals surface area contributed by atoms with Crippen molar-refractivity contribution in [2.75, 3.05) is 0 Å². The number of nitrogens with one attached hydrogen (secondary N) is 1. The Balaban J connectivity index is 2.15. The summed E-state index contributed by atoms with van der Waals surface area (Å²) in [6, 6.07) is 12.1. The van der Waals surface area contributed by atoms with Crippen LogP contribution >= 0.6 is 0 Å². The third kappa shape index (κ3) is 2.06. The molecule has 0 saturated carbocycles. The molecule has 0 radical (unpaired) electrons. The lowest BCUT2D eigenvalue weighted by Gasteiger charge is -1.89. The molecule has 2 aromatic rings. The van der Waals surface area contributed by atoms with E-state index < -0.39 is 0 Å². The Labute approximate surface area is 76.9 Å². The van der Waals surface area contributed by atoms with Gasteiger partial charge in [0.05, 0.1) is 5.69 Å². The number of hydrogen-bond acceptors (Lipinski definition) is 1. The normalized spacial score (nSPS) is 10.8. The maximum absolute atomic E-state index is 3.86. The first-order valence-electron chi connectivity index (χ1n) is 4.18. The van der Waals surface area contributed by atoms with Crippen LogP contribution in [0.3, 0.4) is 0 Å². The summed E-state index contributed by atoms with van der Waals surface area (Å²) < 4.78 is 0. The zero-order chi connectivity index (χ0) is 8.93. The van der Waals surface area contributed by atoms with E-state index in [1.54, 1.807) is 6.20 Å². The van der Waals surface area contributed by atoms with Gasteiger partial charge in [0.15, 0.2) is 0 Å². The molecule has 2 heteroatoms. The van der Waals surface area contributed by atoms with Crippen molar-refractivity contribution in [3.05, 3.63) is 53.9 Å². The summed E-state index contributed by atoms with van der Waals surface area (Å²) >= 11 is 0. The van der Waals surface area contributed by atoms with Crippen molar-refractivity contribution in [2.24, 2.45) is 0 Å². The molecule has 64 valence electrons. The van der Waals surface area contributed by atoms with Gasteiger partial charge in [0, 0.05) is 6.20 Å². The van der Waals surface area contributed by atoms with Crippen LogP contribution < -0.4 is 0 Å². The molecule has 1 heterocycles. The Bertz CT molecular complexity index is 374. The summed E-state index contributed by atoms with van der Waals surface area (Å²) in [5.41, 5.74) is 2.21. The SMILES string of the molecule is C(=Cc1ccn[nH]1)c1ccccc1. The van der Waals surface area contributed by atoms with Crippen molar-refractivity contribution < 1.29 is 0 Å². The molecule has 0 spiro atoms. The van der Waals surface area contributed by atoms with Crippen LogP contribution in [0.15, 0.2) is 42.6 Å². The summed E-state index contributed by atoms with van der Waals surface area (Å²) in [7, 11) is 0. The maximum Gasteiger partial charge on any atom is 0.0577 e. The van der Waals surface area contributed by atoms with Crippen LogP contribution in [0, 0.1) is 0 Å². The van der Waals surface area contributed by atoms with Gasteiger partial charge in [-0.1, -0.05) is 36.4 Å². The predicted octanol–water partition coefficient (Wildman–Crippen LogP) is 2.58. The second kappa shape index (κ2) is 3.72. The van der Waals surface area contributed by atoms with Crippen molar-refractivity contribution in [3.63, 3.8) is 0 Å². The quantitative estimate of drug-likeness (QED) is 0.737. The third-order valence-corrected chi connectivity index (χ3v) is 1.78. The van der Waals surface area contributed by atoms with Crippen LogP contribution in [0.4, 0.5) is 0 Å². The van der Waals surface area contributed by atoms with Crippen LogP contribution in [-0.2, 0) is 0 Å². The van der Waals surface area contributed by atoms with Crippen LogP contribution in [0.5, 0.6) is 0 Å². The van der Waals surface area contributed by atoms with Gasteiger partial charge in [0.25, 0.3) is 0 Å². The minimum absolute atomic E-state index is 1.02. The largest absolute Gasteiger partial charge is 0.278 e. The number of benzene rings is 1. The maximum atomic E-state index is 3.86. The molecular weight excluding hydrogens is 160 g/mol. The molecule has 0 unspecified atom stereocenters. The molecule has 0 fully saturated rings. The van der Waals surface area contributed by atoms with Gasteiger partial charge in [-0.05, 0) is 17.7 Å². The lowest BCUT2D eigenvalue weighted by molar-refractivity contribution is 1.08. The van der Waals surface area contributed by atoms with E-state index in [0.717, 1.165) is 5.69 Å². The Morgan fingerprint density at radius 3 is 2.54 bits per heavy atom. The molecule has 1 N–H and O–H groups in total. The highest BCUT2D eigenvalue weighted by Crippen LogP contribution is 2.04. The molecule has 2 rings (SSSR count). The number of nitrogens with zero attached hydrogens (tertiary/aromatic N) is 1. The number of aromatic amines is 1. The molecule has 0 amide bonds. The van der Waals surface area contributed by atoms with E-state index in [1.807, 2.05) is 36.4 Å². The highest BCUT2D eigenvalue weighted by atomic mass is 15.1. The summed E-state index contributed by atoms with van der Waals surface area (Å²) in [5.74, 6) is 0. The molecule has 2 nitrogen and oxygen atoms in total. The van der Waals surface area contributed by atoms with E-state index in [9.17, 15) is 0 Å². The number of hydrogen-bond donors (Lipinski definition) is 1. The fourth-order valence-electron chi connectivity index (χ4n) is 1.11. The van der Waals surface area contributed by atoms with Crippen molar-refractivity contribution >= 4 is 12.2 Å². The average molecular weight is 170 g/mol. The number of rotatable bonds is 2. The molecule has 1 aromatic carbocycles. The molecule has 0 aliphatic carbocycles. The predicted molar refractivity (Wildman–Crippen MR) is 54.0 cm³/mol. The molecule has 0 saturated heterocycles. The second-order valence-corrected chi connectivity index (χ2v) is 2.76. The van der Waals surface area contributed by atoms with Crippen molar-refractivity contribution in [2.45, 2.75) is 0 Å². The lowest BCUT2D eigenvalue weighted by atomic mass is 10.2. The second-order valence-electron chi connectivity index (χ2n) is 2.76. The van der Waals surface area contributed by atoms with E-state index in [0.29, 0.717) is 0 Å². The summed E-state index contributed by atoms with van der Waals surface area (Å²) in [5, 5.41) is 6.73. The fraction of sp³-hybridized carbons (Fsp3) is 0. The Kier molecular flexibility index (Phi) is 2.23. The van der Waals surface area contributed by atoms with E-state index in [1.165, 1.54) is 5.56 Å². The first-order chi connectivity index (χ1) is 6.45. The van der Waals surface area contributed by atoms with E-state index >= 15 is 0 Å². The molecule has 0 aliphatic heterocycles. The fourth-order valence-corrected chi connectivity index (χ4v) is 1.11. The van der Waals surface area contributed by atoms with Gasteiger partial charge in [0.1, 0.15) is 0 Å². The highest BCUT2D eigenvalue weighted by molar-refractivity contribution is 5.67. The Morgan fingerprint density at radius 2 is 1.85 bits per heavy atom. The smallest absolute Gasteiger partial charge is 0.0577 e. The van der Waals surface area contributed by atoms with Crippen molar-refractivity contribution in [3.8, 4) is 0 Å². The molecule has 13 heavy (non-hydrogen) atoms. The van der Waals surface area contributed by atoms with Gasteiger partial charge in [-0.15, -0.1) is 0 Å². The highest BCUT2D eigenvalue weighted by Gasteiger charge is 1.85. The van der Waals surface area contributed by atoms with Crippen LogP contribution in [0.1, 0.15) is 11.3 Å². The van der Waals surface area contributed by atoms with Gasteiger partial charge < -0.3 is 0 Å². The zero-order valence-corrected chi connectivity index (χ0v) is 7.14. The number of H-pyrrole nitrogens is 1. The minimum Gasteiger partial charge on any atom is -0.278 e. The summed E-state index contributed by atoms with van der Waals surface area (Å²) in [4.78, 5) is 0. The van der Waals surface area contributed by atoms with Gasteiger partial charge in [-0.3, -0.25) is 5.10 Å². The van der Waals surface area contributed by atoms with Crippen molar-refractivity contribution in [1.82, 2.24) is 10.2 Å². The first kappa shape index (κ1) is 7.80. The van der Waals surface area contributed by atoms with Crippen LogP contribution in [-0.4, -0.2) is 10.2 Å². The Hall–Kier alpha value is -1.83. The Morgan fingerprint density at radius 1 is 1.00 bits per heavy atom. The lowest BCUT2D eigenvalue weighted by Crippen LogP contribution is -1.71. The molecule has 0 bridgehead atoms. The van der Waals surface area contributed by atoms with E-state index in [4.69, 9.17) is 0 Å². The van der Waals surface area contributed by atoms with E-state index in [2.05, 4.69) is 22.3 Å². The summed E-state index contributed by atoms with van der Waals surface area (Å²) in [6.07, 6.45) is 5.79. The van der Waals surface area contributed by atoms with Crippen LogP contribution in [0.25, 0.3) is 12.2 Å². The van der Waals surface area contributed by atoms with Gasteiger partial charge in [-0.25, -0.2) is 0 Å². The number of aromatic nitrogens is 2. The minimum atomic E-state index is 1.02. The van der Waals surface area contributed by atoms with Gasteiger partial charge in [0.2, 0.25) is 0 Å². The van der Waals surface area contributed by atoms with Crippen LogP contribution in [0.2, 0.25) is 0 Å². The monoisotopic (exact) mass is 170 g/mol. The molecule has 0 aliphatic rings. The first-order valence-corrected chi connectivity index (χ1v) is 4.18. The van der Waals surface area contributed by atoms with Crippen molar-refractivity contribution in [1.29, 1.82) is 0 Å². The van der Waals surface area contributed by atoms with Gasteiger partial charge in [-0.2, -0.15) is 5.10 Å². The van der Waals surface area contributed by atoms with Gasteiger partial charge >= 0.3 is 0 Å². The summed E-state index contributed by atoms with van der Waals surface area (Å²) in [6.45, 7) is 0. The molecular formula is C11H10N2. The zero-order valence-electron chi connectivity index (χ0n) is 7.14. The third-order valence-electron chi connectivity index (χ3n) is 1.78. The average Bonchev–Trinajstić information content (AvgIpc) is 2.69. The van der Waals surface area contributed by atoms with E-state index in [-0.39, 0.29) is 0 Å². The standard InChI is InChI=1S/C11H10N2/c1-2-4-10(5-3-1)6-7-11-8-9-12-13-11/h1-9H,(H,12,13). The molecule has 0 atom stereocenters. The molecule has 1 aromatic heterocycles.